The molecule has 0 aliphatic heterocycles. The Morgan fingerprint density at radius 3 is 2.55 bits per heavy atom. The molecule has 22 heavy (non-hydrogen) atoms. The van der Waals surface area contributed by atoms with Crippen LogP contribution in [0, 0.1) is 11.3 Å². The van der Waals surface area contributed by atoms with Crippen molar-refractivity contribution in [3.05, 3.63) is 52.0 Å². The average Bonchev–Trinajstić information content (AvgIpc) is 2.52. The van der Waals surface area contributed by atoms with Crippen molar-refractivity contribution < 1.29 is 14.2 Å². The molecule has 0 bridgehead atoms. The van der Waals surface area contributed by atoms with E-state index < -0.39 is 0 Å². The summed E-state index contributed by atoms with van der Waals surface area (Å²) in [6.45, 7) is 0.592. The van der Waals surface area contributed by atoms with Crippen LogP contribution in [0.5, 0.6) is 17.2 Å². The largest absolute Gasteiger partial charge is 0.493 e. The van der Waals surface area contributed by atoms with Gasteiger partial charge in [-0.05, 0) is 24.3 Å². The molecule has 114 valence electrons. The number of nitrogens with zero attached hydrogens (tertiary/aromatic N) is 1. The Bertz CT molecular complexity index is 698. The van der Waals surface area contributed by atoms with Crippen molar-refractivity contribution in [1.29, 1.82) is 5.26 Å². The van der Waals surface area contributed by atoms with Gasteiger partial charge in [0.2, 0.25) is 0 Å². The molecular weight excluding hydrogens is 325 g/mol. The van der Waals surface area contributed by atoms with Crippen LogP contribution in [0.3, 0.4) is 0 Å². The normalized spacial score (nSPS) is 9.91. The number of rotatable bonds is 6. The number of hydrogen-bond donors (Lipinski definition) is 0. The van der Waals surface area contributed by atoms with Crippen LogP contribution in [-0.2, 0) is 0 Å². The molecule has 0 fully saturated rings. The van der Waals surface area contributed by atoms with Crippen LogP contribution in [0.15, 0.2) is 36.4 Å². The van der Waals surface area contributed by atoms with Crippen LogP contribution in [0.1, 0.15) is 5.56 Å². The molecule has 0 unspecified atom stereocenters. The van der Waals surface area contributed by atoms with E-state index in [4.69, 9.17) is 42.7 Å². The van der Waals surface area contributed by atoms with E-state index in [1.807, 2.05) is 6.07 Å². The zero-order valence-corrected chi connectivity index (χ0v) is 13.3. The Kier molecular flexibility index (Phi) is 5.76. The number of halogens is 2. The minimum atomic E-state index is 0.272. The first-order valence-corrected chi connectivity index (χ1v) is 7.18. The molecule has 0 spiro atoms. The lowest BCUT2D eigenvalue weighted by Crippen LogP contribution is -2.10. The Morgan fingerprint density at radius 1 is 1.09 bits per heavy atom. The molecule has 4 nitrogen and oxygen atoms in total. The number of benzene rings is 2. The van der Waals surface area contributed by atoms with Gasteiger partial charge >= 0.3 is 0 Å². The third-order valence-electron chi connectivity index (χ3n) is 2.75. The van der Waals surface area contributed by atoms with Gasteiger partial charge in [-0.2, -0.15) is 5.26 Å². The molecule has 2 rings (SSSR count). The highest BCUT2D eigenvalue weighted by Gasteiger charge is 2.12. The van der Waals surface area contributed by atoms with Crippen molar-refractivity contribution in [3.8, 4) is 23.3 Å². The molecule has 6 heteroatoms. The van der Waals surface area contributed by atoms with Crippen LogP contribution in [-0.4, -0.2) is 20.3 Å². The summed E-state index contributed by atoms with van der Waals surface area (Å²) in [5, 5.41) is 9.82. The minimum absolute atomic E-state index is 0.272. The summed E-state index contributed by atoms with van der Waals surface area (Å²) in [4.78, 5) is 0. The van der Waals surface area contributed by atoms with Crippen molar-refractivity contribution in [2.24, 2.45) is 0 Å². The van der Waals surface area contributed by atoms with Crippen LogP contribution >= 0.6 is 23.2 Å². The zero-order valence-electron chi connectivity index (χ0n) is 11.8. The predicted molar refractivity (Wildman–Crippen MR) is 85.2 cm³/mol. The van der Waals surface area contributed by atoms with Crippen LogP contribution in [0.4, 0.5) is 0 Å². The smallest absolute Gasteiger partial charge is 0.179 e. The molecule has 0 atom stereocenters. The number of hydrogen-bond acceptors (Lipinski definition) is 4. The standard InChI is InChI=1S/C16H13Cl2NO3/c1-20-15-8-11(10-19)7-14(18)16(15)22-6-5-21-13-4-2-3-12(17)9-13/h2-4,7-9H,5-6H2,1H3. The van der Waals surface area contributed by atoms with Gasteiger partial charge in [0, 0.05) is 11.1 Å². The first-order valence-electron chi connectivity index (χ1n) is 6.43. The molecule has 0 amide bonds. The van der Waals surface area contributed by atoms with Gasteiger partial charge in [-0.25, -0.2) is 0 Å². The van der Waals surface area contributed by atoms with Crippen molar-refractivity contribution in [3.63, 3.8) is 0 Å². The fraction of sp³-hybridized carbons (Fsp3) is 0.188. The summed E-state index contributed by atoms with van der Waals surface area (Å²) < 4.78 is 16.3. The van der Waals surface area contributed by atoms with E-state index in [1.165, 1.54) is 13.2 Å². The molecule has 0 aliphatic rings. The van der Waals surface area contributed by atoms with E-state index in [0.29, 0.717) is 39.5 Å². The van der Waals surface area contributed by atoms with Gasteiger partial charge in [-0.3, -0.25) is 0 Å². The molecule has 0 radical (unpaired) electrons. The third-order valence-corrected chi connectivity index (χ3v) is 3.27. The number of ether oxygens (including phenoxy) is 3. The van der Waals surface area contributed by atoms with Crippen molar-refractivity contribution >= 4 is 23.2 Å². The molecule has 2 aromatic carbocycles. The molecular formula is C16H13Cl2NO3. The second-order valence-electron chi connectivity index (χ2n) is 4.26. The molecule has 0 aliphatic carbocycles. The van der Waals surface area contributed by atoms with Gasteiger partial charge in [-0.15, -0.1) is 0 Å². The topological polar surface area (TPSA) is 51.5 Å². The number of nitriles is 1. The maximum Gasteiger partial charge on any atom is 0.179 e. The van der Waals surface area contributed by atoms with Gasteiger partial charge in [-0.1, -0.05) is 29.3 Å². The summed E-state index contributed by atoms with van der Waals surface area (Å²) in [7, 11) is 1.49. The monoisotopic (exact) mass is 337 g/mol. The zero-order chi connectivity index (χ0) is 15.9. The lowest BCUT2D eigenvalue weighted by Gasteiger charge is -2.13. The summed E-state index contributed by atoms with van der Waals surface area (Å²) >= 11 is 12.0. The SMILES string of the molecule is COc1cc(C#N)cc(Cl)c1OCCOc1cccc(Cl)c1. The quantitative estimate of drug-likeness (QED) is 0.736. The molecule has 0 heterocycles. The molecule has 0 saturated heterocycles. The second-order valence-corrected chi connectivity index (χ2v) is 5.10. The highest BCUT2D eigenvalue weighted by Crippen LogP contribution is 2.36. The lowest BCUT2D eigenvalue weighted by atomic mass is 10.2. The van der Waals surface area contributed by atoms with Gasteiger partial charge in [0.1, 0.15) is 19.0 Å². The molecule has 0 saturated carbocycles. The van der Waals surface area contributed by atoms with E-state index in [0.717, 1.165) is 0 Å². The van der Waals surface area contributed by atoms with E-state index in [2.05, 4.69) is 0 Å². The summed E-state index contributed by atoms with van der Waals surface area (Å²) in [5.41, 5.74) is 0.407. The van der Waals surface area contributed by atoms with Crippen LogP contribution in [0.25, 0.3) is 0 Å². The van der Waals surface area contributed by atoms with E-state index in [1.54, 1.807) is 30.3 Å². The van der Waals surface area contributed by atoms with Gasteiger partial charge in [0.25, 0.3) is 0 Å². The Morgan fingerprint density at radius 2 is 1.86 bits per heavy atom. The minimum Gasteiger partial charge on any atom is -0.493 e. The van der Waals surface area contributed by atoms with Gasteiger partial charge in [0.05, 0.1) is 23.8 Å². The molecule has 0 aromatic heterocycles. The fourth-order valence-corrected chi connectivity index (χ4v) is 2.23. The van der Waals surface area contributed by atoms with Crippen molar-refractivity contribution in [1.82, 2.24) is 0 Å². The Hall–Kier alpha value is -2.09. The summed E-state index contributed by atoms with van der Waals surface area (Å²) in [5.74, 6) is 1.46. The second kappa shape index (κ2) is 7.79. The van der Waals surface area contributed by atoms with E-state index in [-0.39, 0.29) is 6.61 Å². The lowest BCUT2D eigenvalue weighted by molar-refractivity contribution is 0.211. The first-order chi connectivity index (χ1) is 10.6. The van der Waals surface area contributed by atoms with Crippen molar-refractivity contribution in [2.45, 2.75) is 0 Å². The van der Waals surface area contributed by atoms with Gasteiger partial charge < -0.3 is 14.2 Å². The van der Waals surface area contributed by atoms with Crippen LogP contribution < -0.4 is 14.2 Å². The Balaban J connectivity index is 1.96. The maximum atomic E-state index is 8.90. The first kappa shape index (κ1) is 16.3. The number of methoxy groups -OCH3 is 1. The maximum absolute atomic E-state index is 8.90. The molecule has 2 aromatic rings. The van der Waals surface area contributed by atoms with Crippen LogP contribution in [0.2, 0.25) is 10.0 Å². The van der Waals surface area contributed by atoms with E-state index in [9.17, 15) is 0 Å². The van der Waals surface area contributed by atoms with Crippen molar-refractivity contribution in [2.75, 3.05) is 20.3 Å². The third kappa shape index (κ3) is 4.20. The summed E-state index contributed by atoms with van der Waals surface area (Å²) in [6.07, 6.45) is 0. The Labute approximate surface area is 138 Å². The fourth-order valence-electron chi connectivity index (χ4n) is 1.78. The highest BCUT2D eigenvalue weighted by atomic mass is 35.5. The van der Waals surface area contributed by atoms with E-state index >= 15 is 0 Å². The average molecular weight is 338 g/mol. The summed E-state index contributed by atoms with van der Waals surface area (Å²) in [6, 6.07) is 12.2. The highest BCUT2D eigenvalue weighted by molar-refractivity contribution is 6.32. The molecule has 0 N–H and O–H groups in total. The predicted octanol–water partition coefficient (Wildman–Crippen LogP) is 4.33. The van der Waals surface area contributed by atoms with Gasteiger partial charge in [0.15, 0.2) is 11.5 Å².